The summed E-state index contributed by atoms with van der Waals surface area (Å²) in [7, 11) is 1.61. The molecular weight excluding hydrogens is 363 g/mol. The maximum Gasteiger partial charge on any atom is 0.251 e. The maximum atomic E-state index is 12.1. The number of aromatic amines is 1. The second-order valence-electron chi connectivity index (χ2n) is 5.15. The van der Waals surface area contributed by atoms with Crippen LogP contribution in [0.4, 0.5) is 0 Å². The lowest BCUT2D eigenvalue weighted by Gasteiger charge is -2.04. The van der Waals surface area contributed by atoms with Gasteiger partial charge in [0.15, 0.2) is 5.82 Å². The number of hydrogen-bond acceptors (Lipinski definition) is 4. The molecular formula is C17H14Cl2N4O2. The number of methoxy groups -OCH3 is 1. The normalized spacial score (nSPS) is 10.5. The van der Waals surface area contributed by atoms with Crippen LogP contribution in [-0.4, -0.2) is 28.2 Å². The number of aromatic nitrogens is 3. The molecule has 25 heavy (non-hydrogen) atoms. The first-order valence-corrected chi connectivity index (χ1v) is 8.11. The average molecular weight is 377 g/mol. The number of hydrogen-bond donors (Lipinski definition) is 2. The van der Waals surface area contributed by atoms with Crippen molar-refractivity contribution in [3.63, 3.8) is 0 Å². The van der Waals surface area contributed by atoms with Gasteiger partial charge >= 0.3 is 0 Å². The average Bonchev–Trinajstić information content (AvgIpc) is 3.11. The van der Waals surface area contributed by atoms with Crippen LogP contribution in [0.5, 0.6) is 5.75 Å². The molecule has 6 nitrogen and oxygen atoms in total. The van der Waals surface area contributed by atoms with Gasteiger partial charge in [-0.05, 0) is 42.5 Å². The van der Waals surface area contributed by atoms with E-state index in [2.05, 4.69) is 20.5 Å². The SMILES string of the molecule is COc1ccc(-c2n[nH]c(CNC(=O)c3ccc(Cl)c(Cl)c3)n2)cc1. The number of nitrogens with zero attached hydrogens (tertiary/aromatic N) is 2. The lowest BCUT2D eigenvalue weighted by atomic mass is 10.2. The summed E-state index contributed by atoms with van der Waals surface area (Å²) in [5.41, 5.74) is 1.27. The quantitative estimate of drug-likeness (QED) is 0.710. The van der Waals surface area contributed by atoms with Crippen LogP contribution in [0.25, 0.3) is 11.4 Å². The zero-order valence-corrected chi connectivity index (χ0v) is 14.7. The summed E-state index contributed by atoms with van der Waals surface area (Å²) < 4.78 is 5.12. The molecule has 128 valence electrons. The summed E-state index contributed by atoms with van der Waals surface area (Å²) in [5.74, 6) is 1.56. The molecule has 0 radical (unpaired) electrons. The molecule has 0 spiro atoms. The fourth-order valence-corrected chi connectivity index (χ4v) is 2.45. The highest BCUT2D eigenvalue weighted by Gasteiger charge is 2.10. The van der Waals surface area contributed by atoms with Crippen molar-refractivity contribution >= 4 is 29.1 Å². The number of H-pyrrole nitrogens is 1. The van der Waals surface area contributed by atoms with Gasteiger partial charge in [0.1, 0.15) is 11.6 Å². The standard InChI is InChI=1S/C17H14Cl2N4O2/c1-25-12-5-2-10(3-6-12)16-21-15(22-23-16)9-20-17(24)11-4-7-13(18)14(19)8-11/h2-8H,9H2,1H3,(H,20,24)(H,21,22,23). The molecule has 0 aliphatic heterocycles. The number of amides is 1. The summed E-state index contributed by atoms with van der Waals surface area (Å²) >= 11 is 11.8. The Bertz CT molecular complexity index is 894. The first-order valence-electron chi connectivity index (χ1n) is 7.36. The number of carbonyl (C=O) groups excluding carboxylic acids is 1. The van der Waals surface area contributed by atoms with Gasteiger partial charge in [0.25, 0.3) is 5.91 Å². The molecule has 0 saturated carbocycles. The van der Waals surface area contributed by atoms with E-state index < -0.39 is 0 Å². The summed E-state index contributed by atoms with van der Waals surface area (Å²) in [6, 6.07) is 12.1. The third-order valence-electron chi connectivity index (χ3n) is 3.48. The Morgan fingerprint density at radius 1 is 1.16 bits per heavy atom. The largest absolute Gasteiger partial charge is 0.497 e. The van der Waals surface area contributed by atoms with Crippen molar-refractivity contribution in [1.29, 1.82) is 0 Å². The number of carbonyl (C=O) groups is 1. The molecule has 0 aliphatic rings. The van der Waals surface area contributed by atoms with E-state index in [1.807, 2.05) is 24.3 Å². The molecule has 8 heteroatoms. The number of ether oxygens (including phenoxy) is 1. The lowest BCUT2D eigenvalue weighted by Crippen LogP contribution is -2.23. The molecule has 3 aromatic rings. The molecule has 0 bridgehead atoms. The zero-order chi connectivity index (χ0) is 17.8. The number of benzene rings is 2. The molecule has 0 fully saturated rings. The van der Waals surface area contributed by atoms with Gasteiger partial charge in [0.2, 0.25) is 0 Å². The third kappa shape index (κ3) is 4.10. The van der Waals surface area contributed by atoms with Crippen molar-refractivity contribution < 1.29 is 9.53 Å². The Morgan fingerprint density at radius 3 is 2.60 bits per heavy atom. The molecule has 1 heterocycles. The van der Waals surface area contributed by atoms with E-state index in [0.717, 1.165) is 11.3 Å². The van der Waals surface area contributed by atoms with Gasteiger partial charge < -0.3 is 10.1 Å². The zero-order valence-electron chi connectivity index (χ0n) is 13.2. The van der Waals surface area contributed by atoms with Crippen molar-refractivity contribution in [2.75, 3.05) is 7.11 Å². The van der Waals surface area contributed by atoms with Crippen molar-refractivity contribution in [2.45, 2.75) is 6.54 Å². The van der Waals surface area contributed by atoms with E-state index in [0.29, 0.717) is 27.3 Å². The Kier molecular flexibility index (Phi) is 5.21. The second kappa shape index (κ2) is 7.55. The van der Waals surface area contributed by atoms with E-state index in [1.165, 1.54) is 6.07 Å². The van der Waals surface area contributed by atoms with E-state index in [4.69, 9.17) is 27.9 Å². The highest BCUT2D eigenvalue weighted by Crippen LogP contribution is 2.22. The first-order chi connectivity index (χ1) is 12.1. The minimum Gasteiger partial charge on any atom is -0.497 e. The van der Waals surface area contributed by atoms with Gasteiger partial charge in [0, 0.05) is 11.1 Å². The molecule has 1 amide bonds. The van der Waals surface area contributed by atoms with Crippen LogP contribution in [0.15, 0.2) is 42.5 Å². The minimum atomic E-state index is -0.277. The topological polar surface area (TPSA) is 79.9 Å². The lowest BCUT2D eigenvalue weighted by molar-refractivity contribution is 0.0950. The van der Waals surface area contributed by atoms with Crippen LogP contribution in [-0.2, 0) is 6.54 Å². The minimum absolute atomic E-state index is 0.211. The fourth-order valence-electron chi connectivity index (χ4n) is 2.15. The summed E-state index contributed by atoms with van der Waals surface area (Å²) in [6.07, 6.45) is 0. The molecule has 2 aromatic carbocycles. The van der Waals surface area contributed by atoms with E-state index >= 15 is 0 Å². The summed E-state index contributed by atoms with van der Waals surface area (Å²) in [4.78, 5) is 16.5. The van der Waals surface area contributed by atoms with Gasteiger partial charge in [-0.1, -0.05) is 23.2 Å². The van der Waals surface area contributed by atoms with E-state index in [-0.39, 0.29) is 12.5 Å². The predicted octanol–water partition coefficient (Wildman–Crippen LogP) is 3.72. The Hall–Kier alpha value is -2.57. The maximum absolute atomic E-state index is 12.1. The van der Waals surface area contributed by atoms with Gasteiger partial charge in [-0.2, -0.15) is 5.10 Å². The van der Waals surface area contributed by atoms with Crippen LogP contribution >= 0.6 is 23.2 Å². The van der Waals surface area contributed by atoms with Crippen molar-refractivity contribution in [3.05, 3.63) is 63.9 Å². The molecule has 0 aliphatic carbocycles. The van der Waals surface area contributed by atoms with Gasteiger partial charge in [-0.3, -0.25) is 9.89 Å². The third-order valence-corrected chi connectivity index (χ3v) is 4.22. The highest BCUT2D eigenvalue weighted by molar-refractivity contribution is 6.42. The Morgan fingerprint density at radius 2 is 1.92 bits per heavy atom. The van der Waals surface area contributed by atoms with Crippen molar-refractivity contribution in [3.8, 4) is 17.1 Å². The van der Waals surface area contributed by atoms with Crippen LogP contribution in [0.2, 0.25) is 10.0 Å². The smallest absolute Gasteiger partial charge is 0.251 e. The second-order valence-corrected chi connectivity index (χ2v) is 5.96. The van der Waals surface area contributed by atoms with Crippen LogP contribution in [0.3, 0.4) is 0 Å². The molecule has 2 N–H and O–H groups in total. The van der Waals surface area contributed by atoms with Gasteiger partial charge in [-0.25, -0.2) is 4.98 Å². The molecule has 0 atom stereocenters. The number of rotatable bonds is 5. The van der Waals surface area contributed by atoms with Crippen LogP contribution < -0.4 is 10.1 Å². The predicted molar refractivity (Wildman–Crippen MR) is 96.0 cm³/mol. The number of halogens is 2. The summed E-state index contributed by atoms with van der Waals surface area (Å²) in [5, 5.41) is 10.4. The van der Waals surface area contributed by atoms with Gasteiger partial charge in [0.05, 0.1) is 23.7 Å². The van der Waals surface area contributed by atoms with Gasteiger partial charge in [-0.15, -0.1) is 0 Å². The highest BCUT2D eigenvalue weighted by atomic mass is 35.5. The number of nitrogens with one attached hydrogen (secondary N) is 2. The van der Waals surface area contributed by atoms with E-state index in [9.17, 15) is 4.79 Å². The van der Waals surface area contributed by atoms with Crippen molar-refractivity contribution in [1.82, 2.24) is 20.5 Å². The van der Waals surface area contributed by atoms with Crippen LogP contribution in [0.1, 0.15) is 16.2 Å². The first kappa shape index (κ1) is 17.3. The Balaban J connectivity index is 1.64. The monoisotopic (exact) mass is 376 g/mol. The Labute approximate surface area is 154 Å². The molecule has 0 unspecified atom stereocenters. The molecule has 1 aromatic heterocycles. The fraction of sp³-hybridized carbons (Fsp3) is 0.118. The molecule has 3 rings (SSSR count). The van der Waals surface area contributed by atoms with Crippen molar-refractivity contribution in [2.24, 2.45) is 0 Å². The summed E-state index contributed by atoms with van der Waals surface area (Å²) in [6.45, 7) is 0.211. The molecule has 0 saturated heterocycles. The van der Waals surface area contributed by atoms with Crippen LogP contribution in [0, 0.1) is 0 Å². The van der Waals surface area contributed by atoms with E-state index in [1.54, 1.807) is 19.2 Å².